The Kier molecular flexibility index (Phi) is 3.66. The molecule has 2 aromatic heterocycles. The summed E-state index contributed by atoms with van der Waals surface area (Å²) < 4.78 is 2.41. The van der Waals surface area contributed by atoms with E-state index in [1.54, 1.807) is 0 Å². The van der Waals surface area contributed by atoms with E-state index in [1.165, 1.54) is 16.7 Å². The number of imidazole rings is 1. The highest BCUT2D eigenvalue weighted by atomic mass is 15.1. The summed E-state index contributed by atoms with van der Waals surface area (Å²) in [6.45, 7) is 10.0. The van der Waals surface area contributed by atoms with Gasteiger partial charge in [0.15, 0.2) is 0 Å². The van der Waals surface area contributed by atoms with Gasteiger partial charge >= 0.3 is 0 Å². The molecule has 2 heterocycles. The summed E-state index contributed by atoms with van der Waals surface area (Å²) in [6, 6.07) is 8.35. The third-order valence-corrected chi connectivity index (χ3v) is 3.70. The molecular weight excluding hydrogens is 258 g/mol. The number of fused-ring (bicyclic) bond motifs is 3. The number of para-hydroxylation sites is 1. The van der Waals surface area contributed by atoms with Crippen LogP contribution in [0.25, 0.3) is 21.9 Å². The van der Waals surface area contributed by atoms with E-state index in [9.17, 15) is 0 Å². The van der Waals surface area contributed by atoms with Gasteiger partial charge in [0.05, 0.1) is 17.2 Å². The minimum Gasteiger partial charge on any atom is -0.327 e. The molecule has 0 N–H and O–H groups in total. The van der Waals surface area contributed by atoms with Crippen LogP contribution in [0.4, 0.5) is 0 Å². The number of hydrogen-bond acceptors (Lipinski definition) is 2. The van der Waals surface area contributed by atoms with E-state index in [0.717, 1.165) is 24.0 Å². The number of pyridine rings is 1. The summed E-state index contributed by atoms with van der Waals surface area (Å²) in [7, 11) is 0. The van der Waals surface area contributed by atoms with E-state index < -0.39 is 0 Å². The van der Waals surface area contributed by atoms with Crippen LogP contribution >= 0.6 is 0 Å². The maximum absolute atomic E-state index is 4.86. The topological polar surface area (TPSA) is 30.7 Å². The normalized spacial score (nSPS) is 12.1. The van der Waals surface area contributed by atoms with Crippen LogP contribution in [0.1, 0.15) is 33.5 Å². The molecule has 3 aromatic rings. The van der Waals surface area contributed by atoms with Gasteiger partial charge in [0.1, 0.15) is 11.3 Å². The third kappa shape index (κ3) is 2.65. The Hall–Kier alpha value is -1.90. The third-order valence-electron chi connectivity index (χ3n) is 3.70. The highest BCUT2D eigenvalue weighted by Crippen LogP contribution is 2.26. The van der Waals surface area contributed by atoms with E-state index >= 15 is 0 Å². The predicted molar refractivity (Wildman–Crippen MR) is 88.4 cm³/mol. The Bertz CT molecular complexity index is 769. The lowest BCUT2D eigenvalue weighted by atomic mass is 10.1. The highest BCUT2D eigenvalue weighted by molar-refractivity contribution is 6.02. The number of hydrogen-bond donors (Lipinski definition) is 0. The maximum atomic E-state index is 4.86. The second-order valence-electron chi connectivity index (χ2n) is 6.64. The number of benzene rings is 1. The van der Waals surface area contributed by atoms with Crippen LogP contribution < -0.4 is 0 Å². The Morgan fingerprint density at radius 1 is 1.00 bits per heavy atom. The van der Waals surface area contributed by atoms with Crippen LogP contribution in [0.3, 0.4) is 0 Å². The zero-order chi connectivity index (χ0) is 15.0. The van der Waals surface area contributed by atoms with Crippen LogP contribution in [-0.4, -0.2) is 14.5 Å². The second kappa shape index (κ2) is 5.47. The summed E-state index contributed by atoms with van der Waals surface area (Å²) in [5, 5.41) is 1.21. The Balaban J connectivity index is 2.30. The van der Waals surface area contributed by atoms with Crippen LogP contribution in [0, 0.1) is 11.8 Å². The van der Waals surface area contributed by atoms with E-state index in [4.69, 9.17) is 4.98 Å². The van der Waals surface area contributed by atoms with Gasteiger partial charge in [-0.3, -0.25) is 4.98 Å². The van der Waals surface area contributed by atoms with Crippen molar-refractivity contribution in [3.8, 4) is 0 Å². The molecule has 0 amide bonds. The minimum absolute atomic E-state index is 0.597. The zero-order valence-electron chi connectivity index (χ0n) is 13.3. The monoisotopic (exact) mass is 281 g/mol. The zero-order valence-corrected chi connectivity index (χ0v) is 13.3. The molecule has 0 unspecified atom stereocenters. The first-order valence-electron chi connectivity index (χ1n) is 7.79. The molecule has 3 rings (SSSR count). The molecule has 0 aliphatic heterocycles. The number of aromatic nitrogens is 3. The molecule has 1 aromatic carbocycles. The van der Waals surface area contributed by atoms with E-state index in [2.05, 4.69) is 55.4 Å². The quantitative estimate of drug-likeness (QED) is 0.708. The highest BCUT2D eigenvalue weighted by Gasteiger charge is 2.15. The van der Waals surface area contributed by atoms with E-state index in [1.807, 2.05) is 12.3 Å². The van der Waals surface area contributed by atoms with Crippen molar-refractivity contribution >= 4 is 21.9 Å². The molecule has 0 saturated carbocycles. The maximum Gasteiger partial charge on any atom is 0.110 e. The van der Waals surface area contributed by atoms with Gasteiger partial charge in [0.25, 0.3) is 0 Å². The summed E-state index contributed by atoms with van der Waals surface area (Å²) in [5.41, 5.74) is 3.31. The summed E-state index contributed by atoms with van der Waals surface area (Å²) >= 11 is 0. The molecule has 110 valence electrons. The van der Waals surface area contributed by atoms with E-state index in [0.29, 0.717) is 11.8 Å². The van der Waals surface area contributed by atoms with Crippen LogP contribution in [0.5, 0.6) is 0 Å². The van der Waals surface area contributed by atoms with Crippen molar-refractivity contribution in [2.45, 2.75) is 40.7 Å². The molecule has 3 nitrogen and oxygen atoms in total. The van der Waals surface area contributed by atoms with Gasteiger partial charge in [-0.1, -0.05) is 45.9 Å². The van der Waals surface area contributed by atoms with Crippen LogP contribution in [0.2, 0.25) is 0 Å². The number of rotatable bonds is 4. The van der Waals surface area contributed by atoms with Gasteiger partial charge in [0.2, 0.25) is 0 Å². The second-order valence-corrected chi connectivity index (χ2v) is 6.64. The first-order valence-corrected chi connectivity index (χ1v) is 7.79. The average molecular weight is 281 g/mol. The lowest BCUT2D eigenvalue weighted by Gasteiger charge is -2.13. The first-order chi connectivity index (χ1) is 10.1. The Morgan fingerprint density at radius 2 is 1.76 bits per heavy atom. The lowest BCUT2D eigenvalue weighted by Crippen LogP contribution is -2.10. The fourth-order valence-corrected chi connectivity index (χ4v) is 2.89. The van der Waals surface area contributed by atoms with Crippen molar-refractivity contribution in [1.29, 1.82) is 0 Å². The van der Waals surface area contributed by atoms with Gasteiger partial charge in [-0.2, -0.15) is 0 Å². The lowest BCUT2D eigenvalue weighted by molar-refractivity contribution is 0.500. The fourth-order valence-electron chi connectivity index (χ4n) is 2.89. The molecule has 0 bridgehead atoms. The molecule has 21 heavy (non-hydrogen) atoms. The SMILES string of the molecule is CC(C)Cc1nc2cnc3ccccc3c2n1CC(C)C. The largest absolute Gasteiger partial charge is 0.327 e. The van der Waals surface area contributed by atoms with Crippen LogP contribution in [-0.2, 0) is 13.0 Å². The smallest absolute Gasteiger partial charge is 0.110 e. The molecule has 0 atom stereocenters. The molecule has 0 fully saturated rings. The van der Waals surface area contributed by atoms with Gasteiger partial charge < -0.3 is 4.57 Å². The molecule has 0 aliphatic rings. The molecule has 0 aliphatic carbocycles. The average Bonchev–Trinajstić information content (AvgIpc) is 2.75. The molecule has 0 radical (unpaired) electrons. The van der Waals surface area contributed by atoms with Crippen molar-refractivity contribution < 1.29 is 0 Å². The number of nitrogens with zero attached hydrogens (tertiary/aromatic N) is 3. The standard InChI is InChI=1S/C18H23N3/c1-12(2)9-17-20-16-10-19-15-8-6-5-7-14(15)18(16)21(17)11-13(3)4/h5-8,10,12-13H,9,11H2,1-4H3. The van der Waals surface area contributed by atoms with Crippen molar-refractivity contribution in [3.63, 3.8) is 0 Å². The van der Waals surface area contributed by atoms with Crippen molar-refractivity contribution in [2.24, 2.45) is 11.8 Å². The fraction of sp³-hybridized carbons (Fsp3) is 0.444. The molecular formula is C18H23N3. The van der Waals surface area contributed by atoms with Crippen molar-refractivity contribution in [3.05, 3.63) is 36.3 Å². The molecule has 0 saturated heterocycles. The van der Waals surface area contributed by atoms with E-state index in [-0.39, 0.29) is 0 Å². The van der Waals surface area contributed by atoms with Gasteiger partial charge in [-0.05, 0) is 17.9 Å². The van der Waals surface area contributed by atoms with Crippen molar-refractivity contribution in [1.82, 2.24) is 14.5 Å². The summed E-state index contributed by atoms with van der Waals surface area (Å²) in [6.07, 6.45) is 2.92. The summed E-state index contributed by atoms with van der Waals surface area (Å²) in [4.78, 5) is 9.40. The Morgan fingerprint density at radius 3 is 2.48 bits per heavy atom. The predicted octanol–water partition coefficient (Wildman–Crippen LogP) is 4.44. The molecule has 0 spiro atoms. The Labute approximate surface area is 126 Å². The summed E-state index contributed by atoms with van der Waals surface area (Å²) in [5.74, 6) is 2.39. The van der Waals surface area contributed by atoms with Crippen LogP contribution in [0.15, 0.2) is 30.5 Å². The minimum atomic E-state index is 0.597. The van der Waals surface area contributed by atoms with Gasteiger partial charge in [-0.25, -0.2) is 4.98 Å². The molecule has 3 heteroatoms. The first kappa shape index (κ1) is 14.1. The van der Waals surface area contributed by atoms with Gasteiger partial charge in [0, 0.05) is 18.4 Å². The van der Waals surface area contributed by atoms with Crippen molar-refractivity contribution in [2.75, 3.05) is 0 Å². The van der Waals surface area contributed by atoms with Gasteiger partial charge in [-0.15, -0.1) is 0 Å².